The van der Waals surface area contributed by atoms with Crippen molar-refractivity contribution in [3.05, 3.63) is 0 Å². The highest BCUT2D eigenvalue weighted by Gasteiger charge is 2.40. The van der Waals surface area contributed by atoms with Gasteiger partial charge in [-0.2, -0.15) is 0 Å². The third-order valence-electron chi connectivity index (χ3n) is 3.57. The summed E-state index contributed by atoms with van der Waals surface area (Å²) in [5.74, 6) is -0.437. The number of nitrogens with one attached hydrogen (secondary N) is 1. The molecule has 0 radical (unpaired) electrons. The second-order valence-corrected chi connectivity index (χ2v) is 6.51. The number of thioether (sulfide) groups is 1. The highest BCUT2D eigenvalue weighted by Crippen LogP contribution is 2.31. The predicted octanol–water partition coefficient (Wildman–Crippen LogP) is 2.90. The van der Waals surface area contributed by atoms with Crippen LogP contribution in [0.5, 0.6) is 0 Å². The van der Waals surface area contributed by atoms with E-state index in [1.807, 2.05) is 13.8 Å². The summed E-state index contributed by atoms with van der Waals surface area (Å²) in [6.45, 7) is 6.11. The van der Waals surface area contributed by atoms with Gasteiger partial charge in [-0.1, -0.05) is 33.1 Å². The van der Waals surface area contributed by atoms with E-state index in [2.05, 4.69) is 12.2 Å². The molecule has 0 aliphatic carbocycles. The van der Waals surface area contributed by atoms with E-state index in [1.54, 1.807) is 11.8 Å². The predicted molar refractivity (Wildman–Crippen MR) is 81.9 cm³/mol. The van der Waals surface area contributed by atoms with Gasteiger partial charge in [0.15, 0.2) is 0 Å². The highest BCUT2D eigenvalue weighted by molar-refractivity contribution is 8.00. The minimum atomic E-state index is -0.915. The standard InChI is InChI=1S/C14H26N2O3S/c1-4-6-7-8-10(3)15-14(19)16-11(13(17)18)9-20-12(16)5-2/h10-12H,4-9H2,1-3H3,(H,15,19)(H,17,18). The summed E-state index contributed by atoms with van der Waals surface area (Å²) in [6.07, 6.45) is 5.12. The van der Waals surface area contributed by atoms with Crippen LogP contribution in [0.3, 0.4) is 0 Å². The minimum absolute atomic E-state index is 0.0288. The lowest BCUT2D eigenvalue weighted by Gasteiger charge is -2.28. The Morgan fingerprint density at radius 1 is 1.40 bits per heavy atom. The summed E-state index contributed by atoms with van der Waals surface area (Å²) in [6, 6.07) is -0.849. The van der Waals surface area contributed by atoms with Gasteiger partial charge in [0.1, 0.15) is 6.04 Å². The number of nitrogens with zero attached hydrogens (tertiary/aromatic N) is 1. The summed E-state index contributed by atoms with van der Waals surface area (Å²) in [5, 5.41) is 12.1. The molecule has 20 heavy (non-hydrogen) atoms. The molecule has 3 atom stereocenters. The number of hydrogen-bond acceptors (Lipinski definition) is 3. The van der Waals surface area contributed by atoms with Crippen LogP contribution in [0.25, 0.3) is 0 Å². The van der Waals surface area contributed by atoms with Crippen molar-refractivity contribution < 1.29 is 14.7 Å². The fraction of sp³-hybridized carbons (Fsp3) is 0.857. The van der Waals surface area contributed by atoms with Crippen molar-refractivity contribution in [1.29, 1.82) is 0 Å². The van der Waals surface area contributed by atoms with E-state index in [0.717, 1.165) is 32.1 Å². The van der Waals surface area contributed by atoms with E-state index in [1.165, 1.54) is 4.90 Å². The lowest BCUT2D eigenvalue weighted by Crippen LogP contribution is -2.51. The van der Waals surface area contributed by atoms with E-state index < -0.39 is 12.0 Å². The van der Waals surface area contributed by atoms with Crippen LogP contribution < -0.4 is 5.32 Å². The molecule has 0 spiro atoms. The summed E-state index contributed by atoms with van der Waals surface area (Å²) in [7, 11) is 0. The van der Waals surface area contributed by atoms with E-state index >= 15 is 0 Å². The van der Waals surface area contributed by atoms with Gasteiger partial charge in [-0.15, -0.1) is 11.8 Å². The van der Waals surface area contributed by atoms with Crippen molar-refractivity contribution in [2.24, 2.45) is 0 Å². The summed E-state index contributed by atoms with van der Waals surface area (Å²) < 4.78 is 0. The van der Waals surface area contributed by atoms with Crippen molar-refractivity contribution in [2.45, 2.75) is 70.3 Å². The maximum atomic E-state index is 12.3. The number of aliphatic carboxylic acids is 1. The van der Waals surface area contributed by atoms with Crippen molar-refractivity contribution in [3.63, 3.8) is 0 Å². The minimum Gasteiger partial charge on any atom is -0.480 e. The molecule has 1 fully saturated rings. The molecule has 5 nitrogen and oxygen atoms in total. The SMILES string of the molecule is CCCCCC(C)NC(=O)N1C(CC)SCC1C(=O)O. The number of hydrogen-bond donors (Lipinski definition) is 2. The van der Waals surface area contributed by atoms with Crippen LogP contribution in [0.1, 0.15) is 52.9 Å². The molecule has 0 aromatic rings. The molecule has 0 aromatic carbocycles. The summed E-state index contributed by atoms with van der Waals surface area (Å²) >= 11 is 1.55. The second-order valence-electron chi connectivity index (χ2n) is 5.30. The van der Waals surface area contributed by atoms with Crippen LogP contribution in [0, 0.1) is 0 Å². The number of carbonyl (C=O) groups is 2. The zero-order valence-corrected chi connectivity index (χ0v) is 13.4. The smallest absolute Gasteiger partial charge is 0.327 e. The Labute approximate surface area is 125 Å². The molecular weight excluding hydrogens is 276 g/mol. The Morgan fingerprint density at radius 3 is 2.65 bits per heavy atom. The Balaban J connectivity index is 2.56. The first-order valence-electron chi connectivity index (χ1n) is 7.44. The number of carbonyl (C=O) groups excluding carboxylic acids is 1. The van der Waals surface area contributed by atoms with E-state index in [9.17, 15) is 14.7 Å². The van der Waals surface area contributed by atoms with Gasteiger partial charge in [-0.3, -0.25) is 4.90 Å². The van der Waals surface area contributed by atoms with Gasteiger partial charge in [-0.25, -0.2) is 9.59 Å². The normalized spacial score (nSPS) is 23.6. The molecule has 6 heteroatoms. The quantitative estimate of drug-likeness (QED) is 0.709. The average molecular weight is 302 g/mol. The Kier molecular flexibility index (Phi) is 7.19. The molecule has 0 saturated carbocycles. The highest BCUT2D eigenvalue weighted by atomic mass is 32.2. The van der Waals surface area contributed by atoms with E-state index in [-0.39, 0.29) is 17.4 Å². The molecule has 116 valence electrons. The van der Waals surface area contributed by atoms with Gasteiger partial charge in [0, 0.05) is 11.8 Å². The zero-order chi connectivity index (χ0) is 15.1. The van der Waals surface area contributed by atoms with E-state index in [0.29, 0.717) is 5.75 Å². The van der Waals surface area contributed by atoms with Crippen LogP contribution >= 0.6 is 11.8 Å². The van der Waals surface area contributed by atoms with Crippen LogP contribution in [-0.2, 0) is 4.79 Å². The molecule has 2 N–H and O–H groups in total. The Bertz CT molecular complexity index is 338. The van der Waals surface area contributed by atoms with Gasteiger partial charge >= 0.3 is 12.0 Å². The lowest BCUT2D eigenvalue weighted by molar-refractivity contribution is -0.141. The van der Waals surface area contributed by atoms with Crippen LogP contribution in [0.4, 0.5) is 4.79 Å². The fourth-order valence-electron chi connectivity index (χ4n) is 2.40. The molecular formula is C14H26N2O3S. The van der Waals surface area contributed by atoms with Crippen molar-refractivity contribution in [1.82, 2.24) is 10.2 Å². The molecule has 1 saturated heterocycles. The fourth-order valence-corrected chi connectivity index (χ4v) is 3.75. The number of carboxylic acid groups (broad SMARTS) is 1. The van der Waals surface area contributed by atoms with Gasteiger partial charge in [0.2, 0.25) is 0 Å². The van der Waals surface area contributed by atoms with Crippen molar-refractivity contribution in [2.75, 3.05) is 5.75 Å². The molecule has 1 aliphatic rings. The van der Waals surface area contributed by atoms with Gasteiger partial charge in [-0.05, 0) is 19.8 Å². The Morgan fingerprint density at radius 2 is 2.10 bits per heavy atom. The van der Waals surface area contributed by atoms with Crippen LogP contribution in [-0.4, -0.2) is 45.2 Å². The van der Waals surface area contributed by atoms with Gasteiger partial charge < -0.3 is 10.4 Å². The molecule has 1 rings (SSSR count). The number of carboxylic acids is 1. The molecule has 2 amide bonds. The van der Waals surface area contributed by atoms with Crippen molar-refractivity contribution >= 4 is 23.8 Å². The molecule has 0 aromatic heterocycles. The number of amides is 2. The van der Waals surface area contributed by atoms with Gasteiger partial charge in [0.25, 0.3) is 0 Å². The van der Waals surface area contributed by atoms with Crippen molar-refractivity contribution in [3.8, 4) is 0 Å². The molecule has 1 heterocycles. The first kappa shape index (κ1) is 17.1. The monoisotopic (exact) mass is 302 g/mol. The second kappa shape index (κ2) is 8.39. The number of rotatable bonds is 7. The Hall–Kier alpha value is -0.910. The maximum Gasteiger partial charge on any atom is 0.327 e. The maximum absolute atomic E-state index is 12.3. The molecule has 0 bridgehead atoms. The zero-order valence-electron chi connectivity index (χ0n) is 12.6. The van der Waals surface area contributed by atoms with Crippen LogP contribution in [0.2, 0.25) is 0 Å². The van der Waals surface area contributed by atoms with Gasteiger partial charge in [0.05, 0.1) is 5.37 Å². The number of urea groups is 1. The average Bonchev–Trinajstić information content (AvgIpc) is 2.82. The first-order valence-corrected chi connectivity index (χ1v) is 8.49. The third-order valence-corrected chi connectivity index (χ3v) is 5.03. The molecule has 3 unspecified atom stereocenters. The first-order chi connectivity index (χ1) is 9.51. The lowest BCUT2D eigenvalue weighted by atomic mass is 10.1. The third kappa shape index (κ3) is 4.58. The topological polar surface area (TPSA) is 69.6 Å². The summed E-state index contributed by atoms with van der Waals surface area (Å²) in [5.41, 5.74) is 0. The van der Waals surface area contributed by atoms with Crippen LogP contribution in [0.15, 0.2) is 0 Å². The number of unbranched alkanes of at least 4 members (excludes halogenated alkanes) is 2. The summed E-state index contributed by atoms with van der Waals surface area (Å²) in [4.78, 5) is 25.1. The molecule has 1 aliphatic heterocycles. The van der Waals surface area contributed by atoms with E-state index in [4.69, 9.17) is 0 Å². The largest absolute Gasteiger partial charge is 0.480 e.